The van der Waals surface area contributed by atoms with Crippen molar-refractivity contribution >= 4 is 5.78 Å². The fourth-order valence-electron chi connectivity index (χ4n) is 1.58. The lowest BCUT2D eigenvalue weighted by molar-refractivity contribution is 0.101. The van der Waals surface area contributed by atoms with Crippen LogP contribution in [0, 0.1) is 25.2 Å². The van der Waals surface area contributed by atoms with Crippen molar-refractivity contribution in [2.45, 2.75) is 20.8 Å². The molecule has 0 saturated carbocycles. The molecule has 0 heterocycles. The number of nitrogens with zero attached hydrogens (tertiary/aromatic N) is 1. The predicted molar refractivity (Wildman–Crippen MR) is 50.6 cm³/mol. The van der Waals surface area contributed by atoms with E-state index in [2.05, 4.69) is 6.07 Å². The molecule has 0 aliphatic rings. The van der Waals surface area contributed by atoms with Gasteiger partial charge in [0.1, 0.15) is 0 Å². The van der Waals surface area contributed by atoms with E-state index in [-0.39, 0.29) is 5.78 Å². The average molecular weight is 173 g/mol. The lowest BCUT2D eigenvalue weighted by Gasteiger charge is -2.06. The van der Waals surface area contributed by atoms with Crippen LogP contribution in [0.25, 0.3) is 0 Å². The second-order valence-electron chi connectivity index (χ2n) is 3.15. The van der Waals surface area contributed by atoms with Crippen LogP contribution in [0.5, 0.6) is 0 Å². The van der Waals surface area contributed by atoms with Crippen LogP contribution < -0.4 is 0 Å². The van der Waals surface area contributed by atoms with Gasteiger partial charge in [0.05, 0.1) is 11.6 Å². The number of hydrogen-bond donors (Lipinski definition) is 0. The molecule has 1 rings (SSSR count). The molecule has 0 N–H and O–H groups in total. The number of aryl methyl sites for hydroxylation is 2. The van der Waals surface area contributed by atoms with Gasteiger partial charge in [-0.15, -0.1) is 0 Å². The summed E-state index contributed by atoms with van der Waals surface area (Å²) in [6, 6.07) is 5.54. The van der Waals surface area contributed by atoms with Gasteiger partial charge in [-0.25, -0.2) is 0 Å². The van der Waals surface area contributed by atoms with Gasteiger partial charge in [-0.05, 0) is 44.0 Å². The van der Waals surface area contributed by atoms with Gasteiger partial charge in [-0.3, -0.25) is 4.79 Å². The molecule has 0 amide bonds. The van der Waals surface area contributed by atoms with Crippen LogP contribution in [0.4, 0.5) is 0 Å². The molecule has 2 heteroatoms. The summed E-state index contributed by atoms with van der Waals surface area (Å²) >= 11 is 0. The first kappa shape index (κ1) is 9.47. The minimum Gasteiger partial charge on any atom is -0.294 e. The zero-order chi connectivity index (χ0) is 10.0. The number of nitriles is 1. The van der Waals surface area contributed by atoms with Crippen molar-refractivity contribution in [2.75, 3.05) is 0 Å². The van der Waals surface area contributed by atoms with E-state index in [4.69, 9.17) is 5.26 Å². The highest BCUT2D eigenvalue weighted by atomic mass is 16.1. The molecule has 0 saturated heterocycles. The summed E-state index contributed by atoms with van der Waals surface area (Å²) in [5.74, 6) is 0.0551. The molecule has 0 aliphatic heterocycles. The number of Topliss-reactive ketones (excluding diaryl/α,β-unsaturated/α-hetero) is 1. The van der Waals surface area contributed by atoms with E-state index in [1.54, 1.807) is 19.1 Å². The first-order chi connectivity index (χ1) is 6.06. The molecule has 0 spiro atoms. The molecule has 0 fully saturated rings. The molecule has 0 radical (unpaired) electrons. The molecule has 1 aromatic carbocycles. The summed E-state index contributed by atoms with van der Waals surface area (Å²) in [5.41, 5.74) is 3.10. The Morgan fingerprint density at radius 2 is 1.77 bits per heavy atom. The van der Waals surface area contributed by atoms with Crippen molar-refractivity contribution in [2.24, 2.45) is 0 Å². The fourth-order valence-corrected chi connectivity index (χ4v) is 1.58. The Morgan fingerprint density at radius 3 is 2.08 bits per heavy atom. The van der Waals surface area contributed by atoms with Gasteiger partial charge < -0.3 is 0 Å². The maximum absolute atomic E-state index is 11.2. The maximum Gasteiger partial charge on any atom is 0.160 e. The van der Waals surface area contributed by atoms with E-state index in [9.17, 15) is 4.79 Å². The normalized spacial score (nSPS) is 9.38. The van der Waals surface area contributed by atoms with Crippen LogP contribution >= 0.6 is 0 Å². The van der Waals surface area contributed by atoms with Gasteiger partial charge in [-0.1, -0.05) is 0 Å². The van der Waals surface area contributed by atoms with Gasteiger partial charge in [0.15, 0.2) is 5.78 Å². The largest absolute Gasteiger partial charge is 0.294 e. The molecule has 2 nitrogen and oxygen atoms in total. The summed E-state index contributed by atoms with van der Waals surface area (Å²) in [6.45, 7) is 5.25. The molecule has 0 atom stereocenters. The fraction of sp³-hybridized carbons (Fsp3) is 0.273. The van der Waals surface area contributed by atoms with Gasteiger partial charge in [0.2, 0.25) is 0 Å². The van der Waals surface area contributed by atoms with E-state index in [0.717, 1.165) is 16.7 Å². The Morgan fingerprint density at radius 1 is 1.31 bits per heavy atom. The van der Waals surface area contributed by atoms with Crippen LogP contribution in [0.15, 0.2) is 12.1 Å². The molecular weight excluding hydrogens is 162 g/mol. The number of carbonyl (C=O) groups excluding carboxylic acids is 1. The monoisotopic (exact) mass is 173 g/mol. The SMILES string of the molecule is CC(=O)c1c(C)cc(C#N)cc1C. The highest BCUT2D eigenvalue weighted by Gasteiger charge is 2.08. The number of benzene rings is 1. The van der Waals surface area contributed by atoms with E-state index in [1.807, 2.05) is 13.8 Å². The predicted octanol–water partition coefficient (Wildman–Crippen LogP) is 2.38. The first-order valence-electron chi connectivity index (χ1n) is 4.08. The number of rotatable bonds is 1. The second-order valence-corrected chi connectivity index (χ2v) is 3.15. The first-order valence-corrected chi connectivity index (χ1v) is 4.08. The number of carbonyl (C=O) groups is 1. The zero-order valence-electron chi connectivity index (χ0n) is 8.01. The standard InChI is InChI=1S/C11H11NO/c1-7-4-10(6-12)5-8(2)11(7)9(3)13/h4-5H,1-3H3. The Kier molecular flexibility index (Phi) is 2.48. The molecule has 0 unspecified atom stereocenters. The molecule has 0 aromatic heterocycles. The number of hydrogen-bond acceptors (Lipinski definition) is 2. The number of ketones is 1. The van der Waals surface area contributed by atoms with Crippen molar-refractivity contribution in [1.29, 1.82) is 5.26 Å². The zero-order valence-corrected chi connectivity index (χ0v) is 8.01. The molecule has 66 valence electrons. The quantitative estimate of drug-likeness (QED) is 0.612. The van der Waals surface area contributed by atoms with Gasteiger partial charge in [0.25, 0.3) is 0 Å². The van der Waals surface area contributed by atoms with E-state index in [1.165, 1.54) is 0 Å². The summed E-state index contributed by atoms with van der Waals surface area (Å²) < 4.78 is 0. The van der Waals surface area contributed by atoms with Crippen LogP contribution in [0.1, 0.15) is 34.0 Å². The Bertz CT molecular complexity index is 376. The summed E-state index contributed by atoms with van der Waals surface area (Å²) in [6.07, 6.45) is 0. The third-order valence-electron chi connectivity index (χ3n) is 2.01. The van der Waals surface area contributed by atoms with Crippen LogP contribution in [0.3, 0.4) is 0 Å². The molecule has 13 heavy (non-hydrogen) atoms. The third-order valence-corrected chi connectivity index (χ3v) is 2.01. The molecule has 1 aromatic rings. The Labute approximate surface area is 77.8 Å². The van der Waals surface area contributed by atoms with E-state index >= 15 is 0 Å². The lowest BCUT2D eigenvalue weighted by Crippen LogP contribution is -2.00. The van der Waals surface area contributed by atoms with Gasteiger partial charge in [-0.2, -0.15) is 5.26 Å². The summed E-state index contributed by atoms with van der Waals surface area (Å²) in [4.78, 5) is 11.2. The van der Waals surface area contributed by atoms with Crippen molar-refractivity contribution in [1.82, 2.24) is 0 Å². The molecule has 0 aliphatic carbocycles. The van der Waals surface area contributed by atoms with E-state index in [0.29, 0.717) is 5.56 Å². The summed E-state index contributed by atoms with van der Waals surface area (Å²) in [7, 11) is 0. The second kappa shape index (κ2) is 3.40. The maximum atomic E-state index is 11.2. The molecule has 0 bridgehead atoms. The third kappa shape index (κ3) is 1.75. The highest BCUT2D eigenvalue weighted by Crippen LogP contribution is 2.16. The van der Waals surface area contributed by atoms with Crippen LogP contribution in [-0.2, 0) is 0 Å². The van der Waals surface area contributed by atoms with Crippen molar-refractivity contribution in [3.63, 3.8) is 0 Å². The minimum atomic E-state index is 0.0551. The summed E-state index contributed by atoms with van der Waals surface area (Å²) in [5, 5.41) is 8.68. The van der Waals surface area contributed by atoms with E-state index < -0.39 is 0 Å². The average Bonchev–Trinajstić information content (AvgIpc) is 2.02. The van der Waals surface area contributed by atoms with Crippen LogP contribution in [0.2, 0.25) is 0 Å². The Hall–Kier alpha value is -1.62. The van der Waals surface area contributed by atoms with Gasteiger partial charge >= 0.3 is 0 Å². The topological polar surface area (TPSA) is 40.9 Å². The highest BCUT2D eigenvalue weighted by molar-refractivity contribution is 5.97. The smallest absolute Gasteiger partial charge is 0.160 e. The van der Waals surface area contributed by atoms with Crippen LogP contribution in [-0.4, -0.2) is 5.78 Å². The van der Waals surface area contributed by atoms with Crippen molar-refractivity contribution < 1.29 is 4.79 Å². The molecular formula is C11H11NO. The Balaban J connectivity index is 3.42. The lowest BCUT2D eigenvalue weighted by atomic mass is 9.97. The van der Waals surface area contributed by atoms with Gasteiger partial charge in [0, 0.05) is 5.56 Å². The minimum absolute atomic E-state index is 0.0551. The van der Waals surface area contributed by atoms with Crippen molar-refractivity contribution in [3.8, 4) is 6.07 Å². The van der Waals surface area contributed by atoms with Crippen molar-refractivity contribution in [3.05, 3.63) is 34.4 Å².